The number of carbonyl (C=O) groups excluding carboxylic acids is 2. The number of nitrogens with zero attached hydrogens (tertiary/aromatic N) is 1. The summed E-state index contributed by atoms with van der Waals surface area (Å²) in [7, 11) is 1.50. The number of hydrogen-bond donors (Lipinski definition) is 2. The fraction of sp³-hybridized carbons (Fsp3) is 0.179. The summed E-state index contributed by atoms with van der Waals surface area (Å²) in [6.45, 7) is 4.24. The normalized spacial score (nSPS) is 10.9. The molecule has 2 amide bonds. The first kappa shape index (κ1) is 25.3. The van der Waals surface area contributed by atoms with Crippen molar-refractivity contribution in [1.29, 1.82) is 0 Å². The monoisotopic (exact) mass is 501 g/mol. The van der Waals surface area contributed by atoms with E-state index >= 15 is 0 Å². The molecule has 1 aromatic heterocycles. The number of fused-ring (bicyclic) bond motifs is 1. The van der Waals surface area contributed by atoms with Crippen LogP contribution in [0.25, 0.3) is 11.0 Å². The van der Waals surface area contributed by atoms with Crippen LogP contribution < -0.4 is 25.0 Å². The van der Waals surface area contributed by atoms with Gasteiger partial charge in [-0.3, -0.25) is 9.59 Å². The number of amides is 2. The van der Waals surface area contributed by atoms with Crippen LogP contribution >= 0.6 is 0 Å². The number of carbonyl (C=O) groups is 2. The predicted molar refractivity (Wildman–Crippen MR) is 141 cm³/mol. The quantitative estimate of drug-likeness (QED) is 0.235. The smallest absolute Gasteiger partial charge is 0.307 e. The number of benzene rings is 3. The Hall–Kier alpha value is -4.79. The second kappa shape index (κ2) is 11.8. The summed E-state index contributed by atoms with van der Waals surface area (Å²) in [5.74, 6) is 0.869. The maximum atomic E-state index is 12.5. The number of anilines is 1. The van der Waals surface area contributed by atoms with Crippen LogP contribution in [-0.2, 0) is 4.79 Å². The van der Waals surface area contributed by atoms with Gasteiger partial charge in [-0.05, 0) is 74.0 Å². The van der Waals surface area contributed by atoms with E-state index in [1.54, 1.807) is 36.4 Å². The van der Waals surface area contributed by atoms with Gasteiger partial charge in [-0.2, -0.15) is 5.10 Å². The highest BCUT2D eigenvalue weighted by molar-refractivity contribution is 5.97. The maximum absolute atomic E-state index is 12.5. The first-order chi connectivity index (χ1) is 17.9. The summed E-state index contributed by atoms with van der Waals surface area (Å²) in [6, 6.07) is 19.5. The van der Waals surface area contributed by atoms with E-state index < -0.39 is 5.91 Å². The Bertz CT molecular complexity index is 1430. The van der Waals surface area contributed by atoms with Crippen LogP contribution in [0.1, 0.15) is 28.6 Å². The van der Waals surface area contributed by atoms with E-state index in [-0.39, 0.29) is 18.3 Å². The van der Waals surface area contributed by atoms with E-state index in [2.05, 4.69) is 15.8 Å². The summed E-state index contributed by atoms with van der Waals surface area (Å²) in [5, 5.41) is 7.53. The van der Waals surface area contributed by atoms with E-state index in [4.69, 9.17) is 18.6 Å². The molecule has 0 saturated heterocycles. The molecule has 0 fully saturated rings. The van der Waals surface area contributed by atoms with E-state index in [0.29, 0.717) is 40.7 Å². The van der Waals surface area contributed by atoms with Gasteiger partial charge in [0, 0.05) is 11.1 Å². The van der Waals surface area contributed by atoms with Crippen molar-refractivity contribution in [3.63, 3.8) is 0 Å². The highest BCUT2D eigenvalue weighted by Gasteiger charge is 2.13. The Morgan fingerprint density at radius 1 is 0.973 bits per heavy atom. The van der Waals surface area contributed by atoms with E-state index in [1.165, 1.54) is 13.3 Å². The zero-order valence-corrected chi connectivity index (χ0v) is 20.7. The molecule has 3 aromatic carbocycles. The molecule has 37 heavy (non-hydrogen) atoms. The van der Waals surface area contributed by atoms with Crippen molar-refractivity contribution < 1.29 is 28.2 Å². The molecule has 2 N–H and O–H groups in total. The number of rotatable bonds is 10. The van der Waals surface area contributed by atoms with Gasteiger partial charge in [-0.1, -0.05) is 17.7 Å². The molecule has 9 nitrogen and oxygen atoms in total. The summed E-state index contributed by atoms with van der Waals surface area (Å²) in [5.41, 5.74) is 5.47. The molecule has 0 saturated carbocycles. The SMILES string of the molecule is CCOc1ccc2oc(C(=O)N/N=C/c3ccc(OCC(=O)Nc4ccc(C)cc4)c(OC)c3)cc2c1. The van der Waals surface area contributed by atoms with Gasteiger partial charge in [0.15, 0.2) is 23.9 Å². The molecule has 0 aliphatic heterocycles. The molecule has 0 aliphatic rings. The van der Waals surface area contributed by atoms with Crippen molar-refractivity contribution in [2.45, 2.75) is 13.8 Å². The third-order valence-electron chi connectivity index (χ3n) is 5.28. The largest absolute Gasteiger partial charge is 0.494 e. The highest BCUT2D eigenvalue weighted by Crippen LogP contribution is 2.28. The Balaban J connectivity index is 1.33. The molecule has 0 bridgehead atoms. The average molecular weight is 502 g/mol. The lowest BCUT2D eigenvalue weighted by Crippen LogP contribution is -2.20. The minimum Gasteiger partial charge on any atom is -0.494 e. The Morgan fingerprint density at radius 3 is 2.54 bits per heavy atom. The third-order valence-corrected chi connectivity index (χ3v) is 5.28. The zero-order valence-electron chi connectivity index (χ0n) is 20.7. The Morgan fingerprint density at radius 2 is 1.78 bits per heavy atom. The third kappa shape index (κ3) is 6.66. The summed E-state index contributed by atoms with van der Waals surface area (Å²) < 4.78 is 22.1. The molecule has 0 atom stereocenters. The van der Waals surface area contributed by atoms with E-state index in [0.717, 1.165) is 10.9 Å². The van der Waals surface area contributed by atoms with Gasteiger partial charge in [-0.25, -0.2) is 5.43 Å². The van der Waals surface area contributed by atoms with Crippen LogP contribution in [0.15, 0.2) is 76.2 Å². The minimum absolute atomic E-state index is 0.131. The van der Waals surface area contributed by atoms with Crippen LogP contribution in [0.4, 0.5) is 5.69 Å². The van der Waals surface area contributed by atoms with Crippen LogP contribution in [0.3, 0.4) is 0 Å². The summed E-state index contributed by atoms with van der Waals surface area (Å²) in [6.07, 6.45) is 1.46. The number of aryl methyl sites for hydroxylation is 1. The fourth-order valence-electron chi connectivity index (χ4n) is 3.47. The first-order valence-electron chi connectivity index (χ1n) is 11.6. The van der Waals surface area contributed by atoms with Crippen LogP contribution in [0.2, 0.25) is 0 Å². The number of ether oxygens (including phenoxy) is 3. The van der Waals surface area contributed by atoms with Gasteiger partial charge in [-0.15, -0.1) is 0 Å². The molecule has 4 rings (SSSR count). The number of hydrazone groups is 1. The molecule has 1 heterocycles. The van der Waals surface area contributed by atoms with Crippen molar-refractivity contribution >= 4 is 34.7 Å². The molecular formula is C28H27N3O6. The van der Waals surface area contributed by atoms with Gasteiger partial charge >= 0.3 is 5.91 Å². The topological polar surface area (TPSA) is 111 Å². The lowest BCUT2D eigenvalue weighted by Gasteiger charge is -2.11. The number of furan rings is 1. The molecule has 4 aromatic rings. The lowest BCUT2D eigenvalue weighted by molar-refractivity contribution is -0.118. The Kier molecular flexibility index (Phi) is 8.05. The van der Waals surface area contributed by atoms with Crippen molar-refractivity contribution in [3.05, 3.63) is 83.6 Å². The number of nitrogens with one attached hydrogen (secondary N) is 2. The number of methoxy groups -OCH3 is 1. The first-order valence-corrected chi connectivity index (χ1v) is 11.6. The maximum Gasteiger partial charge on any atom is 0.307 e. The molecule has 190 valence electrons. The second-order valence-electron chi connectivity index (χ2n) is 8.06. The molecule has 0 radical (unpaired) electrons. The van der Waals surface area contributed by atoms with Gasteiger partial charge in [0.05, 0.1) is 19.9 Å². The van der Waals surface area contributed by atoms with Crippen molar-refractivity contribution in [2.24, 2.45) is 5.10 Å². The second-order valence-corrected chi connectivity index (χ2v) is 8.06. The van der Waals surface area contributed by atoms with Crippen LogP contribution in [-0.4, -0.2) is 38.4 Å². The lowest BCUT2D eigenvalue weighted by atomic mass is 10.2. The van der Waals surface area contributed by atoms with Gasteiger partial charge < -0.3 is 23.9 Å². The molecule has 0 aliphatic carbocycles. The predicted octanol–water partition coefficient (Wildman–Crippen LogP) is 4.93. The number of hydrogen-bond acceptors (Lipinski definition) is 7. The highest BCUT2D eigenvalue weighted by atomic mass is 16.5. The van der Waals surface area contributed by atoms with Crippen LogP contribution in [0, 0.1) is 6.92 Å². The average Bonchev–Trinajstić information content (AvgIpc) is 3.33. The summed E-state index contributed by atoms with van der Waals surface area (Å²) >= 11 is 0. The standard InChI is InChI=1S/C28H27N3O6/c1-4-35-22-10-12-23-20(14-22)15-26(37-23)28(33)31-29-16-19-7-11-24(25(13-19)34-3)36-17-27(32)30-21-8-5-18(2)6-9-21/h5-16H,4,17H2,1-3H3,(H,30,32)(H,31,33)/b29-16+. The van der Waals surface area contributed by atoms with Gasteiger partial charge in [0.1, 0.15) is 11.3 Å². The molecule has 0 spiro atoms. The molecular weight excluding hydrogens is 474 g/mol. The summed E-state index contributed by atoms with van der Waals surface area (Å²) in [4.78, 5) is 24.7. The van der Waals surface area contributed by atoms with Crippen LogP contribution in [0.5, 0.6) is 17.2 Å². The van der Waals surface area contributed by atoms with Gasteiger partial charge in [0.25, 0.3) is 5.91 Å². The van der Waals surface area contributed by atoms with Gasteiger partial charge in [0.2, 0.25) is 0 Å². The zero-order chi connectivity index (χ0) is 26.2. The minimum atomic E-state index is -0.489. The fourth-order valence-corrected chi connectivity index (χ4v) is 3.47. The van der Waals surface area contributed by atoms with Crippen molar-refractivity contribution in [2.75, 3.05) is 25.6 Å². The van der Waals surface area contributed by atoms with Crippen molar-refractivity contribution in [1.82, 2.24) is 5.43 Å². The van der Waals surface area contributed by atoms with E-state index in [9.17, 15) is 9.59 Å². The molecule has 9 heteroatoms. The van der Waals surface area contributed by atoms with Crippen molar-refractivity contribution in [3.8, 4) is 17.2 Å². The Labute approximate surface area is 214 Å². The van der Waals surface area contributed by atoms with E-state index in [1.807, 2.05) is 44.2 Å². The molecule has 0 unspecified atom stereocenters.